The summed E-state index contributed by atoms with van der Waals surface area (Å²) in [5.74, 6) is 0.907. The smallest absolute Gasteiger partial charge is 0.175 e. The molecule has 21 heavy (non-hydrogen) atoms. The van der Waals surface area contributed by atoms with Gasteiger partial charge in [-0.2, -0.15) is 5.26 Å². The number of nitrogens with zero attached hydrogens (tertiary/aromatic N) is 2. The molecule has 0 unspecified atom stereocenters. The third-order valence-corrected chi connectivity index (χ3v) is 3.35. The number of methoxy groups -OCH3 is 1. The zero-order valence-corrected chi connectivity index (χ0v) is 12.8. The van der Waals surface area contributed by atoms with Crippen molar-refractivity contribution in [2.75, 3.05) is 7.11 Å². The van der Waals surface area contributed by atoms with Crippen molar-refractivity contribution in [1.29, 1.82) is 5.26 Å². The second kappa shape index (κ2) is 6.86. The average molecular weight is 347 g/mol. The molecule has 0 atom stereocenters. The number of carbonyl (C=O) groups excluding carboxylic acids is 1. The second-order valence-corrected chi connectivity index (χ2v) is 4.92. The highest BCUT2D eigenvalue weighted by Gasteiger charge is 2.13. The highest BCUT2D eigenvalue weighted by atomic mass is 79.9. The Morgan fingerprint density at radius 3 is 2.95 bits per heavy atom. The van der Waals surface area contributed by atoms with Crippen molar-refractivity contribution >= 4 is 22.2 Å². The van der Waals surface area contributed by atoms with Crippen molar-refractivity contribution < 1.29 is 14.3 Å². The van der Waals surface area contributed by atoms with Crippen molar-refractivity contribution in [3.8, 4) is 17.6 Å². The van der Waals surface area contributed by atoms with Crippen LogP contribution in [0.3, 0.4) is 0 Å². The minimum absolute atomic E-state index is 0.173. The van der Waals surface area contributed by atoms with Gasteiger partial charge in [-0.25, -0.2) is 4.98 Å². The lowest BCUT2D eigenvalue weighted by Crippen LogP contribution is -2.02. The van der Waals surface area contributed by atoms with Crippen molar-refractivity contribution in [2.24, 2.45) is 0 Å². The van der Waals surface area contributed by atoms with E-state index in [0.717, 1.165) is 6.29 Å². The van der Waals surface area contributed by atoms with Gasteiger partial charge in [-0.15, -0.1) is 0 Å². The summed E-state index contributed by atoms with van der Waals surface area (Å²) < 4.78 is 11.5. The minimum Gasteiger partial charge on any atom is -0.493 e. The molecule has 0 amide bonds. The van der Waals surface area contributed by atoms with E-state index in [4.69, 9.17) is 14.7 Å². The molecule has 106 valence electrons. The largest absolute Gasteiger partial charge is 0.493 e. The number of halogens is 1. The van der Waals surface area contributed by atoms with E-state index >= 15 is 0 Å². The Bertz CT molecular complexity index is 711. The predicted molar refractivity (Wildman–Crippen MR) is 79.4 cm³/mol. The lowest BCUT2D eigenvalue weighted by atomic mass is 10.2. The normalized spacial score (nSPS) is 9.76. The standard InChI is InChI=1S/C15H11BrN2O3/c1-20-14-6-10(8-19)5-12(16)15(14)21-9-11-3-2-4-18-13(11)7-17/h2-6,8H,9H2,1H3. The number of rotatable bonds is 5. The topological polar surface area (TPSA) is 72.2 Å². The van der Waals surface area contributed by atoms with E-state index in [0.29, 0.717) is 32.8 Å². The average Bonchev–Trinajstić information content (AvgIpc) is 2.53. The quantitative estimate of drug-likeness (QED) is 0.777. The van der Waals surface area contributed by atoms with Crippen LogP contribution >= 0.6 is 15.9 Å². The van der Waals surface area contributed by atoms with Crippen LogP contribution in [0, 0.1) is 11.3 Å². The molecule has 0 aliphatic rings. The molecule has 2 aromatic rings. The van der Waals surface area contributed by atoms with E-state index < -0.39 is 0 Å². The van der Waals surface area contributed by atoms with Gasteiger partial charge in [0.25, 0.3) is 0 Å². The highest BCUT2D eigenvalue weighted by Crippen LogP contribution is 2.36. The van der Waals surface area contributed by atoms with E-state index in [1.54, 1.807) is 30.5 Å². The Kier molecular flexibility index (Phi) is 4.90. The van der Waals surface area contributed by atoms with Gasteiger partial charge in [-0.3, -0.25) is 4.79 Å². The lowest BCUT2D eigenvalue weighted by molar-refractivity contribution is 0.112. The Balaban J connectivity index is 2.28. The van der Waals surface area contributed by atoms with Crippen LogP contribution in [0.15, 0.2) is 34.9 Å². The Morgan fingerprint density at radius 2 is 2.29 bits per heavy atom. The van der Waals surface area contributed by atoms with Crippen molar-refractivity contribution in [1.82, 2.24) is 4.98 Å². The maximum absolute atomic E-state index is 10.8. The number of hydrogen-bond acceptors (Lipinski definition) is 5. The molecule has 0 N–H and O–H groups in total. The van der Waals surface area contributed by atoms with Crippen LogP contribution in [0.4, 0.5) is 0 Å². The van der Waals surface area contributed by atoms with Gasteiger partial charge in [-0.1, -0.05) is 6.07 Å². The van der Waals surface area contributed by atoms with E-state index in [-0.39, 0.29) is 6.61 Å². The number of aldehydes is 1. The van der Waals surface area contributed by atoms with Crippen LogP contribution in [-0.2, 0) is 6.61 Å². The molecule has 0 bridgehead atoms. The molecule has 0 spiro atoms. The molecule has 1 aromatic heterocycles. The van der Waals surface area contributed by atoms with Crippen LogP contribution in [0.25, 0.3) is 0 Å². The Hall–Kier alpha value is -2.39. The van der Waals surface area contributed by atoms with E-state index in [1.807, 2.05) is 6.07 Å². The summed E-state index contributed by atoms with van der Waals surface area (Å²) in [6.45, 7) is 0.173. The van der Waals surface area contributed by atoms with Crippen LogP contribution in [0.5, 0.6) is 11.5 Å². The van der Waals surface area contributed by atoms with E-state index in [2.05, 4.69) is 20.9 Å². The third-order valence-electron chi connectivity index (χ3n) is 2.76. The first kappa shape index (κ1) is 15.0. The van der Waals surface area contributed by atoms with Gasteiger partial charge in [-0.05, 0) is 34.1 Å². The maximum Gasteiger partial charge on any atom is 0.175 e. The third kappa shape index (κ3) is 3.38. The molecular formula is C15H11BrN2O3. The predicted octanol–water partition coefficient (Wildman–Crippen LogP) is 3.12. The fourth-order valence-electron chi connectivity index (χ4n) is 1.75. The maximum atomic E-state index is 10.8. The first-order valence-corrected chi connectivity index (χ1v) is 6.78. The fourth-order valence-corrected chi connectivity index (χ4v) is 2.33. The van der Waals surface area contributed by atoms with Crippen LogP contribution in [-0.4, -0.2) is 18.4 Å². The summed E-state index contributed by atoms with van der Waals surface area (Å²) in [6.07, 6.45) is 2.28. The molecule has 2 rings (SSSR count). The summed E-state index contributed by atoms with van der Waals surface area (Å²) in [5.41, 5.74) is 1.47. The van der Waals surface area contributed by atoms with Gasteiger partial charge in [0, 0.05) is 17.3 Å². The summed E-state index contributed by atoms with van der Waals surface area (Å²) in [7, 11) is 1.49. The van der Waals surface area contributed by atoms with Gasteiger partial charge in [0.1, 0.15) is 24.7 Å². The minimum atomic E-state index is 0.173. The highest BCUT2D eigenvalue weighted by molar-refractivity contribution is 9.10. The van der Waals surface area contributed by atoms with Gasteiger partial charge >= 0.3 is 0 Å². The number of hydrogen-bond donors (Lipinski definition) is 0. The van der Waals surface area contributed by atoms with Crippen LogP contribution in [0.1, 0.15) is 21.6 Å². The SMILES string of the molecule is COc1cc(C=O)cc(Br)c1OCc1cccnc1C#N. The lowest BCUT2D eigenvalue weighted by Gasteiger charge is -2.13. The molecule has 5 nitrogen and oxygen atoms in total. The van der Waals surface area contributed by atoms with Gasteiger partial charge < -0.3 is 9.47 Å². The zero-order valence-electron chi connectivity index (χ0n) is 11.2. The summed E-state index contributed by atoms with van der Waals surface area (Å²) in [5, 5.41) is 9.00. The number of carbonyl (C=O) groups is 1. The first-order chi connectivity index (χ1) is 10.2. The van der Waals surface area contributed by atoms with Gasteiger partial charge in [0.2, 0.25) is 0 Å². The Labute approximate surface area is 130 Å². The van der Waals surface area contributed by atoms with E-state index in [9.17, 15) is 4.79 Å². The first-order valence-electron chi connectivity index (χ1n) is 5.99. The van der Waals surface area contributed by atoms with Gasteiger partial charge in [0.15, 0.2) is 11.5 Å². The molecule has 1 heterocycles. The molecule has 0 saturated carbocycles. The molecule has 1 aromatic carbocycles. The molecule has 0 fully saturated rings. The number of nitriles is 1. The molecule has 0 aliphatic heterocycles. The van der Waals surface area contributed by atoms with Gasteiger partial charge in [0.05, 0.1) is 11.6 Å². The van der Waals surface area contributed by atoms with E-state index in [1.165, 1.54) is 7.11 Å². The van der Waals surface area contributed by atoms with Crippen LogP contribution in [0.2, 0.25) is 0 Å². The Morgan fingerprint density at radius 1 is 1.48 bits per heavy atom. The zero-order chi connectivity index (χ0) is 15.2. The molecule has 0 radical (unpaired) electrons. The van der Waals surface area contributed by atoms with Crippen molar-refractivity contribution in [2.45, 2.75) is 6.61 Å². The number of pyridine rings is 1. The monoisotopic (exact) mass is 346 g/mol. The molecular weight excluding hydrogens is 336 g/mol. The fraction of sp³-hybridized carbons (Fsp3) is 0.133. The summed E-state index contributed by atoms with van der Waals surface area (Å²) >= 11 is 3.34. The number of ether oxygens (including phenoxy) is 2. The van der Waals surface area contributed by atoms with Crippen molar-refractivity contribution in [3.05, 3.63) is 51.8 Å². The summed E-state index contributed by atoms with van der Waals surface area (Å²) in [4.78, 5) is 14.8. The number of benzene rings is 1. The van der Waals surface area contributed by atoms with Crippen molar-refractivity contribution in [3.63, 3.8) is 0 Å². The molecule has 6 heteroatoms. The molecule has 0 saturated heterocycles. The second-order valence-electron chi connectivity index (χ2n) is 4.06. The van der Waals surface area contributed by atoms with Crippen LogP contribution < -0.4 is 9.47 Å². The summed E-state index contributed by atoms with van der Waals surface area (Å²) in [6, 6.07) is 8.74. The molecule has 0 aliphatic carbocycles. The number of aromatic nitrogens is 1.